The van der Waals surface area contributed by atoms with Crippen LogP contribution in [0, 0.1) is 0 Å². The lowest BCUT2D eigenvalue weighted by molar-refractivity contribution is 0.0925. The van der Waals surface area contributed by atoms with E-state index in [2.05, 4.69) is 27.1 Å². The summed E-state index contributed by atoms with van der Waals surface area (Å²) in [4.78, 5) is 22.0. The number of hydrogen-bond acceptors (Lipinski definition) is 6. The summed E-state index contributed by atoms with van der Waals surface area (Å²) in [6.07, 6.45) is 0.752. The molecule has 0 saturated carbocycles. The van der Waals surface area contributed by atoms with E-state index < -0.39 is 0 Å². The van der Waals surface area contributed by atoms with Gasteiger partial charge in [-0.2, -0.15) is 4.98 Å². The van der Waals surface area contributed by atoms with Gasteiger partial charge in [-0.25, -0.2) is 0 Å². The van der Waals surface area contributed by atoms with Crippen LogP contribution in [-0.2, 0) is 0 Å². The predicted molar refractivity (Wildman–Crippen MR) is 110 cm³/mol. The third-order valence-corrected chi connectivity index (χ3v) is 5.68. The largest absolute Gasteiger partial charge is 0.493 e. The number of fused-ring (bicyclic) bond motifs is 2. The molecule has 0 bridgehead atoms. The number of aromatic nitrogens is 1. The molecule has 1 amide bonds. The van der Waals surface area contributed by atoms with Crippen LogP contribution in [0.4, 0.5) is 6.01 Å². The standard InChI is InChI=1S/C22H24N4O3/c1-25-9-11-26(12-10-25)22-24-18-14-15(6-7-20(18)29-22)21(27)23-17-8-13-28-19-5-3-2-4-16(17)19/h2-7,14,17H,8-13H2,1H3,(H,23,27)/t17-/m0/s1. The van der Waals surface area contributed by atoms with E-state index in [0.717, 1.165) is 43.9 Å². The first-order valence-corrected chi connectivity index (χ1v) is 10.0. The number of carbonyl (C=O) groups is 1. The van der Waals surface area contributed by atoms with E-state index in [9.17, 15) is 4.79 Å². The molecule has 2 aromatic carbocycles. The van der Waals surface area contributed by atoms with Crippen LogP contribution < -0.4 is 15.0 Å². The second-order valence-corrected chi connectivity index (χ2v) is 7.67. The van der Waals surface area contributed by atoms with Crippen molar-refractivity contribution in [3.63, 3.8) is 0 Å². The summed E-state index contributed by atoms with van der Waals surface area (Å²) in [5.41, 5.74) is 3.01. The van der Waals surface area contributed by atoms with Crippen LogP contribution in [0.15, 0.2) is 46.9 Å². The highest BCUT2D eigenvalue weighted by Gasteiger charge is 2.24. The van der Waals surface area contributed by atoms with Crippen LogP contribution in [0.1, 0.15) is 28.4 Å². The number of anilines is 1. The zero-order valence-corrected chi connectivity index (χ0v) is 16.4. The summed E-state index contributed by atoms with van der Waals surface area (Å²) in [6, 6.07) is 13.9. The van der Waals surface area contributed by atoms with Gasteiger partial charge in [-0.15, -0.1) is 0 Å². The fourth-order valence-electron chi connectivity index (χ4n) is 3.92. The van der Waals surface area contributed by atoms with Gasteiger partial charge in [0.05, 0.1) is 12.6 Å². The molecule has 7 heteroatoms. The van der Waals surface area contributed by atoms with Crippen LogP contribution in [0.2, 0.25) is 0 Å². The van der Waals surface area contributed by atoms with Crippen molar-refractivity contribution in [1.29, 1.82) is 0 Å². The van der Waals surface area contributed by atoms with Crippen LogP contribution in [0.5, 0.6) is 5.75 Å². The Hall–Kier alpha value is -3.06. The molecular weight excluding hydrogens is 368 g/mol. The zero-order valence-electron chi connectivity index (χ0n) is 16.4. The molecule has 1 fully saturated rings. The average molecular weight is 392 g/mol. The monoisotopic (exact) mass is 392 g/mol. The van der Waals surface area contributed by atoms with E-state index in [4.69, 9.17) is 9.15 Å². The molecule has 1 saturated heterocycles. The van der Waals surface area contributed by atoms with Crippen molar-refractivity contribution in [2.45, 2.75) is 12.5 Å². The van der Waals surface area contributed by atoms with Crippen LogP contribution >= 0.6 is 0 Å². The number of benzene rings is 2. The van der Waals surface area contributed by atoms with E-state index in [1.54, 1.807) is 12.1 Å². The van der Waals surface area contributed by atoms with Crippen molar-refractivity contribution in [2.24, 2.45) is 0 Å². The van der Waals surface area contributed by atoms with Crippen LogP contribution in [-0.4, -0.2) is 55.6 Å². The minimum absolute atomic E-state index is 0.0543. The number of para-hydroxylation sites is 1. The molecule has 2 aliphatic heterocycles. The predicted octanol–water partition coefficient (Wildman–Crippen LogP) is 2.83. The highest BCUT2D eigenvalue weighted by Crippen LogP contribution is 2.32. The fraction of sp³-hybridized carbons (Fsp3) is 0.364. The minimum Gasteiger partial charge on any atom is -0.493 e. The zero-order chi connectivity index (χ0) is 19.8. The molecule has 0 spiro atoms. The van der Waals surface area contributed by atoms with Crippen molar-refractivity contribution in [3.8, 4) is 5.75 Å². The van der Waals surface area contributed by atoms with Crippen molar-refractivity contribution in [1.82, 2.24) is 15.2 Å². The van der Waals surface area contributed by atoms with E-state index in [1.807, 2.05) is 30.3 Å². The Morgan fingerprint density at radius 1 is 1.14 bits per heavy atom. The number of likely N-dealkylation sites (N-methyl/N-ethyl adjacent to an activating group) is 1. The average Bonchev–Trinajstić information content (AvgIpc) is 3.18. The SMILES string of the molecule is CN1CCN(c2nc3cc(C(=O)N[C@H]4CCOc5ccccc54)ccc3o2)CC1. The van der Waals surface area contributed by atoms with Gasteiger partial charge in [-0.05, 0) is 31.3 Å². The van der Waals surface area contributed by atoms with E-state index in [1.165, 1.54) is 0 Å². The first-order chi connectivity index (χ1) is 14.2. The van der Waals surface area contributed by atoms with Gasteiger partial charge >= 0.3 is 0 Å². The highest BCUT2D eigenvalue weighted by molar-refractivity contribution is 5.97. The molecule has 150 valence electrons. The lowest BCUT2D eigenvalue weighted by atomic mass is 10.00. The number of piperazine rings is 1. The van der Waals surface area contributed by atoms with Gasteiger partial charge < -0.3 is 24.3 Å². The number of oxazole rings is 1. The van der Waals surface area contributed by atoms with Crippen LogP contribution in [0.25, 0.3) is 11.1 Å². The molecule has 0 aliphatic carbocycles. The normalized spacial score (nSPS) is 19.6. The van der Waals surface area contributed by atoms with Crippen molar-refractivity contribution in [2.75, 3.05) is 44.7 Å². The maximum Gasteiger partial charge on any atom is 0.298 e. The second kappa shape index (κ2) is 7.40. The number of nitrogens with one attached hydrogen (secondary N) is 1. The molecule has 0 radical (unpaired) electrons. The van der Waals surface area contributed by atoms with Crippen molar-refractivity contribution >= 4 is 23.0 Å². The molecule has 7 nitrogen and oxygen atoms in total. The van der Waals surface area contributed by atoms with E-state index >= 15 is 0 Å². The molecule has 29 heavy (non-hydrogen) atoms. The maximum absolute atomic E-state index is 12.9. The van der Waals surface area contributed by atoms with E-state index in [-0.39, 0.29) is 11.9 Å². The first-order valence-electron chi connectivity index (χ1n) is 10.0. The minimum atomic E-state index is -0.113. The number of rotatable bonds is 3. The molecule has 5 rings (SSSR count). The lowest BCUT2D eigenvalue weighted by Crippen LogP contribution is -2.44. The van der Waals surface area contributed by atoms with Gasteiger partial charge in [0.15, 0.2) is 5.58 Å². The summed E-state index contributed by atoms with van der Waals surface area (Å²) in [6.45, 7) is 4.34. The summed E-state index contributed by atoms with van der Waals surface area (Å²) in [5, 5.41) is 3.14. The summed E-state index contributed by atoms with van der Waals surface area (Å²) in [5.74, 6) is 0.727. The Morgan fingerprint density at radius 2 is 1.97 bits per heavy atom. The van der Waals surface area contributed by atoms with Crippen LogP contribution in [0.3, 0.4) is 0 Å². The van der Waals surface area contributed by atoms with Gasteiger partial charge in [-0.3, -0.25) is 4.79 Å². The molecule has 1 N–H and O–H groups in total. The van der Waals surface area contributed by atoms with Crippen molar-refractivity contribution in [3.05, 3.63) is 53.6 Å². The fourth-order valence-corrected chi connectivity index (χ4v) is 3.92. The second-order valence-electron chi connectivity index (χ2n) is 7.67. The lowest BCUT2D eigenvalue weighted by Gasteiger charge is -2.31. The topological polar surface area (TPSA) is 70.8 Å². The Morgan fingerprint density at radius 3 is 2.83 bits per heavy atom. The van der Waals surface area contributed by atoms with Crippen molar-refractivity contribution < 1.29 is 13.9 Å². The Balaban J connectivity index is 1.35. The Bertz CT molecular complexity index is 1040. The molecule has 1 atom stereocenters. The third kappa shape index (κ3) is 3.53. The number of carbonyl (C=O) groups excluding carboxylic acids is 1. The highest BCUT2D eigenvalue weighted by atomic mass is 16.5. The smallest absolute Gasteiger partial charge is 0.298 e. The number of amides is 1. The molecule has 2 aliphatic rings. The Labute approximate surface area is 169 Å². The number of ether oxygens (including phenoxy) is 1. The summed E-state index contributed by atoms with van der Waals surface area (Å²) in [7, 11) is 2.12. The van der Waals surface area contributed by atoms with Gasteiger partial charge in [0, 0.05) is 43.7 Å². The molecular formula is C22H24N4O3. The van der Waals surface area contributed by atoms with Gasteiger partial charge in [-0.1, -0.05) is 18.2 Å². The third-order valence-electron chi connectivity index (χ3n) is 5.68. The summed E-state index contributed by atoms with van der Waals surface area (Å²) >= 11 is 0. The molecule has 3 heterocycles. The van der Waals surface area contributed by atoms with Gasteiger partial charge in [0.25, 0.3) is 11.9 Å². The summed E-state index contributed by atoms with van der Waals surface area (Å²) < 4.78 is 11.6. The van der Waals surface area contributed by atoms with Gasteiger partial charge in [0.1, 0.15) is 11.3 Å². The quantitative estimate of drug-likeness (QED) is 0.739. The van der Waals surface area contributed by atoms with E-state index in [0.29, 0.717) is 29.3 Å². The number of nitrogens with zero attached hydrogens (tertiary/aromatic N) is 3. The molecule has 0 unspecified atom stereocenters. The molecule has 3 aromatic rings. The maximum atomic E-state index is 12.9. The first kappa shape index (κ1) is 18.0. The Kier molecular flexibility index (Phi) is 4.60. The molecule has 1 aromatic heterocycles. The van der Waals surface area contributed by atoms with Gasteiger partial charge in [0.2, 0.25) is 0 Å². The number of hydrogen-bond donors (Lipinski definition) is 1.